The third-order valence-corrected chi connectivity index (χ3v) is 2.97. The molecule has 1 aliphatic heterocycles. The van der Waals surface area contributed by atoms with Gasteiger partial charge in [-0.3, -0.25) is 4.90 Å². The predicted octanol–water partition coefficient (Wildman–Crippen LogP) is 2.16. The van der Waals surface area contributed by atoms with Gasteiger partial charge in [-0.2, -0.15) is 0 Å². The summed E-state index contributed by atoms with van der Waals surface area (Å²) in [7, 11) is 0. The van der Waals surface area contributed by atoms with Crippen molar-refractivity contribution >= 4 is 24.8 Å². The van der Waals surface area contributed by atoms with Crippen molar-refractivity contribution in [3.8, 4) is 5.75 Å². The molecule has 17 heavy (non-hydrogen) atoms. The van der Waals surface area contributed by atoms with E-state index in [-0.39, 0.29) is 24.8 Å². The molecule has 1 aromatic carbocycles. The quantitative estimate of drug-likeness (QED) is 0.872. The predicted molar refractivity (Wildman–Crippen MR) is 75.1 cm³/mol. The van der Waals surface area contributed by atoms with E-state index in [4.69, 9.17) is 10.8 Å². The third-order valence-electron chi connectivity index (χ3n) is 2.97. The first kappa shape index (κ1) is 16.5. The fourth-order valence-electron chi connectivity index (χ4n) is 1.97. The van der Waals surface area contributed by atoms with Crippen molar-refractivity contribution in [3.63, 3.8) is 0 Å². The number of phenolic OH excluding ortho intramolecular Hbond substituents is 1. The first-order valence-electron chi connectivity index (χ1n) is 5.50. The molecule has 1 heterocycles. The summed E-state index contributed by atoms with van der Waals surface area (Å²) in [5, 5.41) is 9.17. The molecule has 1 aromatic rings. The average molecular weight is 279 g/mol. The number of halogens is 2. The number of hydrogen-bond donors (Lipinski definition) is 2. The Bertz CT molecular complexity index is 311. The Labute approximate surface area is 115 Å². The van der Waals surface area contributed by atoms with Crippen molar-refractivity contribution < 1.29 is 5.11 Å². The monoisotopic (exact) mass is 278 g/mol. The summed E-state index contributed by atoms with van der Waals surface area (Å²) < 4.78 is 0. The van der Waals surface area contributed by atoms with E-state index in [0.29, 0.717) is 11.8 Å². The number of hydrogen-bond acceptors (Lipinski definition) is 3. The first-order valence-corrected chi connectivity index (χ1v) is 5.50. The summed E-state index contributed by atoms with van der Waals surface area (Å²) in [4.78, 5) is 2.41. The molecule has 2 rings (SSSR count). The van der Waals surface area contributed by atoms with E-state index in [1.54, 1.807) is 12.1 Å². The Morgan fingerprint density at radius 2 is 1.65 bits per heavy atom. The summed E-state index contributed by atoms with van der Waals surface area (Å²) in [6.07, 6.45) is 2.19. The van der Waals surface area contributed by atoms with Gasteiger partial charge in [0.15, 0.2) is 0 Å². The van der Waals surface area contributed by atoms with Gasteiger partial charge in [-0.25, -0.2) is 0 Å². The van der Waals surface area contributed by atoms with Crippen molar-refractivity contribution in [2.24, 2.45) is 5.73 Å². The van der Waals surface area contributed by atoms with E-state index < -0.39 is 0 Å². The number of rotatable bonds is 2. The highest BCUT2D eigenvalue weighted by Crippen LogP contribution is 2.14. The second kappa shape index (κ2) is 7.77. The van der Waals surface area contributed by atoms with Gasteiger partial charge in [0.1, 0.15) is 5.75 Å². The van der Waals surface area contributed by atoms with Crippen LogP contribution < -0.4 is 5.73 Å². The van der Waals surface area contributed by atoms with Gasteiger partial charge in [-0.15, -0.1) is 24.8 Å². The Kier molecular flexibility index (Phi) is 7.55. The first-order chi connectivity index (χ1) is 7.24. The van der Waals surface area contributed by atoms with Crippen LogP contribution in [0.2, 0.25) is 0 Å². The Morgan fingerprint density at radius 1 is 1.12 bits per heavy atom. The maximum absolute atomic E-state index is 9.17. The molecule has 0 amide bonds. The highest BCUT2D eigenvalue weighted by atomic mass is 35.5. The molecule has 0 bridgehead atoms. The van der Waals surface area contributed by atoms with Crippen molar-refractivity contribution in [2.45, 2.75) is 25.4 Å². The summed E-state index contributed by atoms with van der Waals surface area (Å²) in [5.74, 6) is 0.333. The van der Waals surface area contributed by atoms with Crippen LogP contribution in [-0.2, 0) is 6.54 Å². The fourth-order valence-corrected chi connectivity index (χ4v) is 1.97. The van der Waals surface area contributed by atoms with Gasteiger partial charge >= 0.3 is 0 Å². The van der Waals surface area contributed by atoms with Crippen LogP contribution in [0.4, 0.5) is 0 Å². The molecule has 0 unspecified atom stereocenters. The summed E-state index contributed by atoms with van der Waals surface area (Å²) in [6, 6.07) is 7.82. The Balaban J connectivity index is 0.00000128. The lowest BCUT2D eigenvalue weighted by molar-refractivity contribution is 0.205. The zero-order chi connectivity index (χ0) is 10.7. The van der Waals surface area contributed by atoms with Crippen LogP contribution in [0.25, 0.3) is 0 Å². The van der Waals surface area contributed by atoms with Gasteiger partial charge in [0, 0.05) is 12.6 Å². The standard InChI is InChI=1S/C12H18N2O.2ClH/c13-11-5-7-14(8-6-11)9-10-1-3-12(15)4-2-10;;/h1-4,11,15H,5-9,13H2;2*1H. The van der Waals surface area contributed by atoms with Gasteiger partial charge in [-0.05, 0) is 43.6 Å². The van der Waals surface area contributed by atoms with Crippen LogP contribution >= 0.6 is 24.8 Å². The number of likely N-dealkylation sites (tertiary alicyclic amines) is 1. The van der Waals surface area contributed by atoms with Gasteiger partial charge in [0.05, 0.1) is 0 Å². The summed E-state index contributed by atoms with van der Waals surface area (Å²) in [5.41, 5.74) is 7.10. The molecule has 98 valence electrons. The lowest BCUT2D eigenvalue weighted by Crippen LogP contribution is -2.39. The lowest BCUT2D eigenvalue weighted by atomic mass is 10.1. The number of nitrogens with two attached hydrogens (primary N) is 1. The van der Waals surface area contributed by atoms with E-state index in [9.17, 15) is 0 Å². The van der Waals surface area contributed by atoms with E-state index in [1.807, 2.05) is 12.1 Å². The van der Waals surface area contributed by atoms with E-state index in [1.165, 1.54) is 5.56 Å². The van der Waals surface area contributed by atoms with Gasteiger partial charge in [-0.1, -0.05) is 12.1 Å². The van der Waals surface area contributed by atoms with Crippen LogP contribution in [0.1, 0.15) is 18.4 Å². The topological polar surface area (TPSA) is 49.5 Å². The number of phenols is 1. The van der Waals surface area contributed by atoms with Crippen molar-refractivity contribution in [1.82, 2.24) is 4.90 Å². The van der Waals surface area contributed by atoms with Gasteiger partial charge in [0.2, 0.25) is 0 Å². The largest absolute Gasteiger partial charge is 0.508 e. The molecule has 3 N–H and O–H groups in total. The zero-order valence-electron chi connectivity index (χ0n) is 9.71. The normalized spacial score (nSPS) is 17.0. The number of benzene rings is 1. The zero-order valence-corrected chi connectivity index (χ0v) is 11.3. The molecule has 0 radical (unpaired) electrons. The Hall–Kier alpha value is -0.480. The van der Waals surface area contributed by atoms with Crippen molar-refractivity contribution in [2.75, 3.05) is 13.1 Å². The van der Waals surface area contributed by atoms with E-state index in [0.717, 1.165) is 32.5 Å². The third kappa shape index (κ3) is 5.13. The maximum Gasteiger partial charge on any atom is 0.115 e. The fraction of sp³-hybridized carbons (Fsp3) is 0.500. The van der Waals surface area contributed by atoms with Crippen LogP contribution in [0.3, 0.4) is 0 Å². The summed E-state index contributed by atoms with van der Waals surface area (Å²) >= 11 is 0. The molecule has 0 aliphatic carbocycles. The van der Waals surface area contributed by atoms with Gasteiger partial charge < -0.3 is 10.8 Å². The number of nitrogens with zero attached hydrogens (tertiary/aromatic N) is 1. The summed E-state index contributed by atoms with van der Waals surface area (Å²) in [6.45, 7) is 3.14. The minimum atomic E-state index is 0. The maximum atomic E-state index is 9.17. The smallest absolute Gasteiger partial charge is 0.115 e. The second-order valence-electron chi connectivity index (χ2n) is 4.28. The van der Waals surface area contributed by atoms with E-state index in [2.05, 4.69) is 4.90 Å². The number of piperidine rings is 1. The molecular formula is C12H20Cl2N2O. The Morgan fingerprint density at radius 3 is 2.18 bits per heavy atom. The highest BCUT2D eigenvalue weighted by Gasteiger charge is 2.15. The number of aromatic hydroxyl groups is 1. The van der Waals surface area contributed by atoms with Gasteiger partial charge in [0.25, 0.3) is 0 Å². The molecule has 1 saturated heterocycles. The van der Waals surface area contributed by atoms with Crippen LogP contribution in [0.5, 0.6) is 5.75 Å². The van der Waals surface area contributed by atoms with Crippen molar-refractivity contribution in [1.29, 1.82) is 0 Å². The van der Waals surface area contributed by atoms with Crippen LogP contribution in [0.15, 0.2) is 24.3 Å². The van der Waals surface area contributed by atoms with Crippen LogP contribution in [0, 0.1) is 0 Å². The van der Waals surface area contributed by atoms with Crippen LogP contribution in [-0.4, -0.2) is 29.1 Å². The second-order valence-corrected chi connectivity index (χ2v) is 4.28. The molecule has 1 aliphatic rings. The molecule has 0 aromatic heterocycles. The van der Waals surface area contributed by atoms with E-state index >= 15 is 0 Å². The lowest BCUT2D eigenvalue weighted by Gasteiger charge is -2.30. The highest BCUT2D eigenvalue weighted by molar-refractivity contribution is 5.85. The minimum absolute atomic E-state index is 0. The molecule has 5 heteroatoms. The molecule has 0 spiro atoms. The molecule has 0 saturated carbocycles. The molecule has 3 nitrogen and oxygen atoms in total. The minimum Gasteiger partial charge on any atom is -0.508 e. The average Bonchev–Trinajstić information content (AvgIpc) is 2.25. The molecular weight excluding hydrogens is 259 g/mol. The van der Waals surface area contributed by atoms with Crippen molar-refractivity contribution in [3.05, 3.63) is 29.8 Å². The molecule has 0 atom stereocenters. The molecule has 1 fully saturated rings. The SMILES string of the molecule is Cl.Cl.NC1CCN(Cc2ccc(O)cc2)CC1.